The van der Waals surface area contributed by atoms with Gasteiger partial charge in [-0.1, -0.05) is 32.1 Å². The van der Waals surface area contributed by atoms with Crippen LogP contribution in [-0.4, -0.2) is 561 Å². The molecule has 0 bridgehead atoms. The molecule has 8 amide bonds. The van der Waals surface area contributed by atoms with Crippen LogP contribution in [0.25, 0.3) is 0 Å². The summed E-state index contributed by atoms with van der Waals surface area (Å²) in [7, 11) is 29.4. The molecule has 0 aromatic carbocycles. The third-order valence-corrected chi connectivity index (χ3v) is 23.1. The molecule has 135 heavy (non-hydrogen) atoms. The van der Waals surface area contributed by atoms with Gasteiger partial charge in [0.1, 0.15) is 39.6 Å². The van der Waals surface area contributed by atoms with E-state index in [1.54, 1.807) is 70.6 Å². The number of carbonyl (C=O) groups is 8. The van der Waals surface area contributed by atoms with E-state index in [0.29, 0.717) is 78.9 Å². The van der Waals surface area contributed by atoms with Crippen molar-refractivity contribution in [2.75, 3.05) is 455 Å². The molecular weight excluding hydrogens is 1740 g/mol. The highest BCUT2D eigenvalue weighted by Gasteiger charge is 2.19. The lowest BCUT2D eigenvalue weighted by Gasteiger charge is -2.32. The van der Waals surface area contributed by atoms with Crippen molar-refractivity contribution in [3.05, 3.63) is 0 Å². The molecule has 798 valence electrons. The number of nitrogens with zero attached hydrogens (tertiary/aromatic N) is 12. The van der Waals surface area contributed by atoms with Gasteiger partial charge >= 0.3 is 0 Å². The third-order valence-electron chi connectivity index (χ3n) is 23.1. The van der Waals surface area contributed by atoms with E-state index >= 15 is 0 Å². The van der Waals surface area contributed by atoms with Gasteiger partial charge in [-0.25, -0.2) is 0 Å². The Labute approximate surface area is 816 Å². The lowest BCUT2D eigenvalue weighted by atomic mass is 10.1. The van der Waals surface area contributed by atoms with Gasteiger partial charge in [0.15, 0.2) is 0 Å². The van der Waals surface area contributed by atoms with Crippen molar-refractivity contribution in [2.45, 2.75) is 122 Å². The van der Waals surface area contributed by atoms with Crippen molar-refractivity contribution in [3.63, 3.8) is 0 Å². The second kappa shape index (κ2) is 99.0. The van der Waals surface area contributed by atoms with Crippen LogP contribution in [0.2, 0.25) is 0 Å². The number of rotatable bonds is 65. The van der Waals surface area contributed by atoms with Crippen LogP contribution in [0.5, 0.6) is 0 Å². The van der Waals surface area contributed by atoms with E-state index in [1.165, 1.54) is 84.6 Å². The Morgan fingerprint density at radius 2 is 0.363 bits per heavy atom. The number of ether oxygens (including phenoxy) is 12. The summed E-state index contributed by atoms with van der Waals surface area (Å²) in [5.74, 6) is -0.133. The third kappa shape index (κ3) is 92.3. The summed E-state index contributed by atoms with van der Waals surface area (Å²) in [6.45, 7) is 45.9. The molecular formula is C95H198N20O20. The van der Waals surface area contributed by atoms with Crippen LogP contribution in [0.15, 0.2) is 0 Å². The lowest BCUT2D eigenvalue weighted by Crippen LogP contribution is -2.45. The van der Waals surface area contributed by atoms with E-state index in [4.69, 9.17) is 56.8 Å². The Morgan fingerprint density at radius 1 is 0.178 bits per heavy atom. The number of hydrogen-bond donors (Lipinski definition) is 8. The summed E-state index contributed by atoms with van der Waals surface area (Å²) in [6, 6.07) is 0. The molecule has 0 spiro atoms. The topological polar surface area (TPSA) is 382 Å². The predicted octanol–water partition coefficient (Wildman–Crippen LogP) is 0.214. The van der Waals surface area contributed by atoms with Gasteiger partial charge in [0, 0.05) is 326 Å². The fourth-order valence-corrected chi connectivity index (χ4v) is 13.4. The van der Waals surface area contributed by atoms with Gasteiger partial charge in [0.05, 0.1) is 46.2 Å². The number of likely N-dealkylation sites (N-methyl/N-ethyl adjacent to an activating group) is 12. The van der Waals surface area contributed by atoms with Gasteiger partial charge < -0.3 is 143 Å². The number of carbonyl (C=O) groups excluding carboxylic acids is 8. The molecule has 6 fully saturated rings. The highest BCUT2D eigenvalue weighted by molar-refractivity contribution is 5.78. The van der Waals surface area contributed by atoms with Crippen LogP contribution in [0.3, 0.4) is 0 Å². The van der Waals surface area contributed by atoms with Crippen LogP contribution in [-0.2, 0) is 95.2 Å². The molecule has 6 aliphatic heterocycles. The largest absolute Gasteiger partial charge is 0.385 e. The Hall–Kier alpha value is -5.20. The molecule has 8 N–H and O–H groups in total. The fourth-order valence-electron chi connectivity index (χ4n) is 13.4. The summed E-state index contributed by atoms with van der Waals surface area (Å²) in [5.41, 5.74) is 0. The Morgan fingerprint density at radius 3 is 0.681 bits per heavy atom. The first-order chi connectivity index (χ1) is 65.4. The summed E-state index contributed by atoms with van der Waals surface area (Å²) in [6.07, 6.45) is 19.6. The maximum absolute atomic E-state index is 10.9. The van der Waals surface area contributed by atoms with Crippen molar-refractivity contribution in [1.82, 2.24) is 101 Å². The van der Waals surface area contributed by atoms with Gasteiger partial charge in [0.2, 0.25) is 47.3 Å². The molecule has 0 aromatic rings. The zero-order chi connectivity index (χ0) is 99.9. The summed E-state index contributed by atoms with van der Waals surface area (Å²) in [5, 5.41) is 20.4. The van der Waals surface area contributed by atoms with Crippen molar-refractivity contribution in [3.8, 4) is 0 Å². The first-order valence-electron chi connectivity index (χ1n) is 50.3. The Kier molecular flexibility index (Phi) is 96.6. The van der Waals surface area contributed by atoms with E-state index in [9.17, 15) is 38.4 Å². The smallest absolute Gasteiger partial charge is 0.245 e. The molecule has 0 atom stereocenters. The summed E-state index contributed by atoms with van der Waals surface area (Å²) < 4.78 is 62.9. The maximum atomic E-state index is 10.9. The number of nitrogens with one attached hydrogen (secondary N) is 8. The minimum absolute atomic E-state index is 0.0487. The quantitative estimate of drug-likeness (QED) is 0.0377. The van der Waals surface area contributed by atoms with E-state index in [1.807, 2.05) is 0 Å². The molecule has 6 saturated heterocycles. The standard InChI is InChI=1S/C13H27N3O3.C13H27N3O2.C12H25N3O3.C12H25N3O2.2C12H25NO3.C11H23N3O2.C10H21N3O2/c1-14-13(17)12-19-10-3-9-18-11-8-16-6-4-15(2)5-7-16;1-14-13(17)12-18-11-5-3-4-6-16-9-7-15(2)8-10-16;1-13-12(16)11-18-10-9-17-8-7-15-5-3-14(2)4-6-15;1-13-12(16)11-17-10-4-3-5-15-8-6-14(2)7-9-15;1-13-12(14)8-5-3-4-6-10-16-11-7-9-15-2;1-13-12(14)8-6-4-3-5-7-9-16-11-10-15-2;1-12-11(15)10-16-9-3-4-14-7-5-13(2)6-8-14;1-11-10(14)9-15-8-7-13-5-3-12(2)4-6-13/h3-12H2,1-2H3,(H,14,17);3-12H2,1-2H3,(H,14,17);3-11H2,1-2H3,(H,13,16);3-11H2,1-2H3,(H,13,16);2*3-11H2,1-2H3,(H,13,14);3-10H2,1-2H3,(H,12,15);3-9H2,1-2H3,(H,11,14). The zero-order valence-electron chi connectivity index (χ0n) is 87.7. The first kappa shape index (κ1) is 132. The minimum atomic E-state index is -0.104. The minimum Gasteiger partial charge on any atom is -0.385 e. The normalized spacial score (nSPS) is 16.3. The van der Waals surface area contributed by atoms with Crippen LogP contribution in [0.1, 0.15) is 122 Å². The summed E-state index contributed by atoms with van der Waals surface area (Å²) in [4.78, 5) is 116. The first-order valence-corrected chi connectivity index (χ1v) is 50.3. The second-order valence-electron chi connectivity index (χ2n) is 34.5. The number of piperazine rings is 6. The van der Waals surface area contributed by atoms with Gasteiger partial charge in [-0.3, -0.25) is 53.1 Å². The van der Waals surface area contributed by atoms with Crippen molar-refractivity contribution in [2.24, 2.45) is 0 Å². The predicted molar refractivity (Wildman–Crippen MR) is 536 cm³/mol. The van der Waals surface area contributed by atoms with Gasteiger partial charge in [-0.15, -0.1) is 0 Å². The van der Waals surface area contributed by atoms with Crippen molar-refractivity contribution >= 4 is 47.3 Å². The SMILES string of the molecule is CNC(=O)CCCCCCCOCCOC.CNC(=O)CCCCCCOCCCOC.CNC(=O)COCCCCCN1CCN(C)CC1.CNC(=O)COCCCCN1CCN(C)CC1.CNC(=O)COCCCN1CCN(C)CC1.CNC(=O)COCCCOCCN1CCN(C)CC1.CNC(=O)COCCN1CCN(C)CC1.CNC(=O)COCCOCCN1CCN(C)CC1. The Bertz CT molecular complexity index is 2600. The summed E-state index contributed by atoms with van der Waals surface area (Å²) >= 11 is 0. The molecule has 0 unspecified atom stereocenters. The van der Waals surface area contributed by atoms with Crippen LogP contribution in [0, 0.1) is 0 Å². The van der Waals surface area contributed by atoms with Crippen LogP contribution in [0.4, 0.5) is 0 Å². The van der Waals surface area contributed by atoms with Crippen molar-refractivity contribution in [1.29, 1.82) is 0 Å². The molecule has 6 rings (SSSR count). The molecule has 0 aliphatic carbocycles. The average molecular weight is 1940 g/mol. The lowest BCUT2D eigenvalue weighted by molar-refractivity contribution is -0.126. The number of unbranched alkanes of at least 4 members (excludes halogenated alkanes) is 10. The van der Waals surface area contributed by atoms with Crippen LogP contribution >= 0.6 is 0 Å². The average Bonchev–Trinajstić information content (AvgIpc) is 0.954. The highest BCUT2D eigenvalue weighted by Crippen LogP contribution is 2.10. The number of methoxy groups -OCH3 is 2. The fraction of sp³-hybridized carbons (Fsp3) is 0.916. The molecule has 0 radical (unpaired) electrons. The van der Waals surface area contributed by atoms with Gasteiger partial charge in [0.25, 0.3) is 0 Å². The van der Waals surface area contributed by atoms with E-state index < -0.39 is 0 Å². The van der Waals surface area contributed by atoms with E-state index in [2.05, 4.69) is 144 Å². The maximum Gasteiger partial charge on any atom is 0.245 e. The monoisotopic (exact) mass is 1940 g/mol. The highest BCUT2D eigenvalue weighted by atomic mass is 16.5. The van der Waals surface area contributed by atoms with Gasteiger partial charge in [-0.05, 0) is 132 Å². The second-order valence-corrected chi connectivity index (χ2v) is 34.5. The number of hydrogen-bond acceptors (Lipinski definition) is 32. The van der Waals surface area contributed by atoms with Gasteiger partial charge in [-0.2, -0.15) is 0 Å². The Balaban J connectivity index is 0. The molecule has 40 heteroatoms. The molecule has 0 saturated carbocycles. The van der Waals surface area contributed by atoms with E-state index in [0.717, 1.165) is 261 Å². The molecule has 40 nitrogen and oxygen atoms in total. The van der Waals surface area contributed by atoms with Crippen LogP contribution < -0.4 is 42.5 Å². The molecule has 6 heterocycles. The van der Waals surface area contributed by atoms with E-state index in [-0.39, 0.29) is 86.9 Å². The molecule has 6 aliphatic rings. The zero-order valence-corrected chi connectivity index (χ0v) is 87.7. The van der Waals surface area contributed by atoms with Crippen molar-refractivity contribution < 1.29 is 95.2 Å². The number of amides is 8. The molecule has 0 aromatic heterocycles.